The molecular weight excluding hydrogens is 379 g/mol. The minimum atomic E-state index is -0.482. The number of fused-ring (bicyclic) bond motifs is 1. The minimum absolute atomic E-state index is 0.0635. The molecule has 4 rings (SSSR count). The van der Waals surface area contributed by atoms with Crippen molar-refractivity contribution in [3.05, 3.63) is 65.7 Å². The van der Waals surface area contributed by atoms with Gasteiger partial charge in [-0.15, -0.1) is 0 Å². The van der Waals surface area contributed by atoms with E-state index in [2.05, 4.69) is 20.3 Å². The number of anilines is 1. The molecule has 140 valence electrons. The zero-order chi connectivity index (χ0) is 19.7. The first-order valence-electron chi connectivity index (χ1n) is 8.54. The third-order valence-electron chi connectivity index (χ3n) is 4.40. The molecule has 0 aliphatic rings. The Labute approximate surface area is 166 Å². The van der Waals surface area contributed by atoms with E-state index in [1.54, 1.807) is 44.8 Å². The predicted molar refractivity (Wildman–Crippen MR) is 109 cm³/mol. The first-order valence-corrected chi connectivity index (χ1v) is 8.92. The maximum atomic E-state index is 14.6. The van der Waals surface area contributed by atoms with Crippen molar-refractivity contribution in [3.63, 3.8) is 0 Å². The molecule has 0 fully saturated rings. The van der Waals surface area contributed by atoms with Crippen molar-refractivity contribution >= 4 is 28.3 Å². The fraction of sp³-hybridized carbons (Fsp3) is 0.0952. The van der Waals surface area contributed by atoms with E-state index in [1.807, 2.05) is 18.2 Å². The van der Waals surface area contributed by atoms with E-state index in [0.29, 0.717) is 39.4 Å². The number of benzene rings is 2. The number of methoxy groups -OCH3 is 1. The number of rotatable bonds is 4. The van der Waals surface area contributed by atoms with Crippen LogP contribution >= 0.6 is 11.6 Å². The Balaban J connectivity index is 2.00. The third kappa shape index (κ3) is 3.12. The molecule has 0 unspecified atom stereocenters. The number of halogens is 2. The summed E-state index contributed by atoms with van der Waals surface area (Å²) in [5.41, 5.74) is 2.41. The maximum absolute atomic E-state index is 14.6. The molecule has 7 heteroatoms. The van der Waals surface area contributed by atoms with Crippen molar-refractivity contribution in [3.8, 4) is 28.3 Å². The zero-order valence-corrected chi connectivity index (χ0v) is 16.0. The lowest BCUT2D eigenvalue weighted by Crippen LogP contribution is -2.01. The van der Waals surface area contributed by atoms with Crippen LogP contribution < -0.4 is 10.1 Å². The van der Waals surface area contributed by atoms with Gasteiger partial charge in [0.15, 0.2) is 5.82 Å². The second kappa shape index (κ2) is 7.40. The van der Waals surface area contributed by atoms with Crippen LogP contribution in [0.1, 0.15) is 0 Å². The lowest BCUT2D eigenvalue weighted by molar-refractivity contribution is 0.419. The van der Waals surface area contributed by atoms with E-state index in [4.69, 9.17) is 16.3 Å². The molecule has 2 heterocycles. The van der Waals surface area contributed by atoms with E-state index < -0.39 is 5.82 Å². The zero-order valence-electron chi connectivity index (χ0n) is 15.2. The van der Waals surface area contributed by atoms with Gasteiger partial charge in [-0.3, -0.25) is 4.98 Å². The molecule has 0 aliphatic carbocycles. The van der Waals surface area contributed by atoms with E-state index in [1.165, 1.54) is 6.07 Å². The van der Waals surface area contributed by atoms with E-state index in [9.17, 15) is 4.39 Å². The summed E-state index contributed by atoms with van der Waals surface area (Å²) < 4.78 is 20.1. The molecule has 0 saturated carbocycles. The van der Waals surface area contributed by atoms with Gasteiger partial charge in [-0.1, -0.05) is 23.7 Å². The molecule has 2 aromatic heterocycles. The molecule has 0 radical (unpaired) electrons. The van der Waals surface area contributed by atoms with Crippen molar-refractivity contribution in [1.82, 2.24) is 15.0 Å². The summed E-state index contributed by atoms with van der Waals surface area (Å²) in [7, 11) is 3.33. The van der Waals surface area contributed by atoms with Gasteiger partial charge in [0.05, 0.1) is 12.1 Å². The summed E-state index contributed by atoms with van der Waals surface area (Å²) in [6, 6.07) is 12.2. The molecule has 0 bridgehead atoms. The lowest BCUT2D eigenvalue weighted by Gasteiger charge is -2.14. The van der Waals surface area contributed by atoms with Gasteiger partial charge < -0.3 is 10.1 Å². The Morgan fingerprint density at radius 1 is 1.07 bits per heavy atom. The highest BCUT2D eigenvalue weighted by Gasteiger charge is 2.17. The van der Waals surface area contributed by atoms with Crippen LogP contribution in [0.5, 0.6) is 5.75 Å². The Morgan fingerprint density at radius 2 is 1.93 bits per heavy atom. The molecular formula is C21H16ClFN4O. The lowest BCUT2D eigenvalue weighted by atomic mass is 10.0. The van der Waals surface area contributed by atoms with E-state index in [0.717, 1.165) is 5.56 Å². The first-order chi connectivity index (χ1) is 13.6. The van der Waals surface area contributed by atoms with Crippen LogP contribution in [-0.4, -0.2) is 29.1 Å². The van der Waals surface area contributed by atoms with Gasteiger partial charge in [0.1, 0.15) is 22.9 Å². The van der Waals surface area contributed by atoms with E-state index >= 15 is 0 Å². The standard InChI is InChI=1S/C21H16ClFN4O/c1-24-21-15-9-13(14-6-3-7-16(22)18(14)23)10-17(28-2)19(15)26-20(27-21)12-5-4-8-25-11-12/h3-11H,1-2H3,(H,24,26,27). The SMILES string of the molecule is CNc1nc(-c2cccnc2)nc2c(OC)cc(-c3cccc(Cl)c3F)cc12. The number of hydrogen-bond donors (Lipinski definition) is 1. The smallest absolute Gasteiger partial charge is 0.163 e. The maximum Gasteiger partial charge on any atom is 0.163 e. The number of pyridine rings is 1. The van der Waals surface area contributed by atoms with Gasteiger partial charge >= 0.3 is 0 Å². The van der Waals surface area contributed by atoms with Crippen molar-refractivity contribution in [1.29, 1.82) is 0 Å². The fourth-order valence-electron chi connectivity index (χ4n) is 3.05. The molecule has 1 N–H and O–H groups in total. The molecule has 0 saturated heterocycles. The molecule has 5 nitrogen and oxygen atoms in total. The normalized spacial score (nSPS) is 10.9. The van der Waals surface area contributed by atoms with Crippen LogP contribution in [0, 0.1) is 5.82 Å². The van der Waals surface area contributed by atoms with Crippen LogP contribution in [0.3, 0.4) is 0 Å². The summed E-state index contributed by atoms with van der Waals surface area (Å²) in [5, 5.41) is 3.86. The quantitative estimate of drug-likeness (QED) is 0.515. The first kappa shape index (κ1) is 18.1. The predicted octanol–water partition coefficient (Wildman–Crippen LogP) is 5.20. The van der Waals surface area contributed by atoms with Crippen LogP contribution in [-0.2, 0) is 0 Å². The highest BCUT2D eigenvalue weighted by molar-refractivity contribution is 6.31. The van der Waals surface area contributed by atoms with E-state index in [-0.39, 0.29) is 5.02 Å². The Morgan fingerprint density at radius 3 is 2.64 bits per heavy atom. The summed E-state index contributed by atoms with van der Waals surface area (Å²) in [6.45, 7) is 0. The second-order valence-corrected chi connectivity index (χ2v) is 6.47. The topological polar surface area (TPSA) is 59.9 Å². The minimum Gasteiger partial charge on any atom is -0.494 e. The second-order valence-electron chi connectivity index (χ2n) is 6.06. The average Bonchev–Trinajstić information content (AvgIpc) is 2.74. The Kier molecular flexibility index (Phi) is 4.79. The highest BCUT2D eigenvalue weighted by atomic mass is 35.5. The summed E-state index contributed by atoms with van der Waals surface area (Å²) in [5.74, 6) is 1.15. The number of ether oxygens (including phenoxy) is 1. The van der Waals surface area contributed by atoms with Gasteiger partial charge in [-0.25, -0.2) is 14.4 Å². The summed E-state index contributed by atoms with van der Waals surface area (Å²) in [6.07, 6.45) is 3.39. The van der Waals surface area contributed by atoms with Gasteiger partial charge in [0, 0.05) is 36.0 Å². The largest absolute Gasteiger partial charge is 0.494 e. The molecule has 0 atom stereocenters. The van der Waals surface area contributed by atoms with Crippen molar-refractivity contribution in [2.45, 2.75) is 0 Å². The average molecular weight is 395 g/mol. The summed E-state index contributed by atoms with van der Waals surface area (Å²) in [4.78, 5) is 13.4. The van der Waals surface area contributed by atoms with Crippen LogP contribution in [0.4, 0.5) is 10.2 Å². The molecule has 0 spiro atoms. The molecule has 0 aliphatic heterocycles. The molecule has 0 amide bonds. The molecule has 2 aromatic carbocycles. The van der Waals surface area contributed by atoms with Gasteiger partial charge in [-0.2, -0.15) is 0 Å². The van der Waals surface area contributed by atoms with Crippen molar-refractivity contribution < 1.29 is 9.13 Å². The van der Waals surface area contributed by atoms with Crippen LogP contribution in [0.2, 0.25) is 5.02 Å². The Bertz CT molecular complexity index is 1170. The van der Waals surface area contributed by atoms with Crippen molar-refractivity contribution in [2.24, 2.45) is 0 Å². The number of nitrogens with zero attached hydrogens (tertiary/aromatic N) is 3. The fourth-order valence-corrected chi connectivity index (χ4v) is 3.23. The highest BCUT2D eigenvalue weighted by Crippen LogP contribution is 2.37. The molecule has 28 heavy (non-hydrogen) atoms. The van der Waals surface area contributed by atoms with Gasteiger partial charge in [-0.05, 0) is 35.9 Å². The van der Waals surface area contributed by atoms with Crippen LogP contribution in [0.15, 0.2) is 54.9 Å². The molecule has 4 aromatic rings. The Hall–Kier alpha value is -3.25. The third-order valence-corrected chi connectivity index (χ3v) is 4.70. The summed E-state index contributed by atoms with van der Waals surface area (Å²) >= 11 is 5.95. The number of hydrogen-bond acceptors (Lipinski definition) is 5. The van der Waals surface area contributed by atoms with Gasteiger partial charge in [0.2, 0.25) is 0 Å². The number of nitrogens with one attached hydrogen (secondary N) is 1. The number of aromatic nitrogens is 3. The monoisotopic (exact) mass is 394 g/mol. The van der Waals surface area contributed by atoms with Gasteiger partial charge in [0.25, 0.3) is 0 Å². The van der Waals surface area contributed by atoms with Crippen molar-refractivity contribution in [2.75, 3.05) is 19.5 Å². The van der Waals surface area contributed by atoms with Crippen LogP contribution in [0.25, 0.3) is 33.4 Å².